The number of hydrogen-bond donors (Lipinski definition) is 2. The standard InChI is InChI=1S/C38H37FO5S/c1-25-12-13-29(20-30(25)21-32-18-19-34(45-32)28-14-16-31(39)17-15-28)36-38(43-24-27-10-6-3-7-11-27)37(35(41)33(22-40)44-36)42-23-26-8-4-2-5-9-26/h2-20,33,35-38,40-41H,21-24H2,1H3/t33-,35-,36+,37+,38+/m1/s1. The summed E-state index contributed by atoms with van der Waals surface area (Å²) in [6.45, 7) is 2.33. The van der Waals surface area contributed by atoms with E-state index in [1.54, 1.807) is 23.5 Å². The van der Waals surface area contributed by atoms with Crippen LogP contribution in [0.25, 0.3) is 10.4 Å². The molecule has 5 nitrogen and oxygen atoms in total. The predicted molar refractivity (Wildman–Crippen MR) is 174 cm³/mol. The van der Waals surface area contributed by atoms with Gasteiger partial charge in [0.05, 0.1) is 19.8 Å². The molecule has 45 heavy (non-hydrogen) atoms. The highest BCUT2D eigenvalue weighted by Crippen LogP contribution is 2.38. The fraction of sp³-hybridized carbons (Fsp3) is 0.263. The molecule has 7 heteroatoms. The summed E-state index contributed by atoms with van der Waals surface area (Å²) < 4.78 is 32.8. The summed E-state index contributed by atoms with van der Waals surface area (Å²) >= 11 is 1.69. The van der Waals surface area contributed by atoms with Crippen LogP contribution in [0.2, 0.25) is 0 Å². The minimum atomic E-state index is -1.09. The highest BCUT2D eigenvalue weighted by molar-refractivity contribution is 7.15. The van der Waals surface area contributed by atoms with Gasteiger partial charge in [-0.15, -0.1) is 11.3 Å². The molecule has 2 heterocycles. The molecule has 1 fully saturated rings. The molecular weight excluding hydrogens is 587 g/mol. The van der Waals surface area contributed by atoms with Crippen LogP contribution < -0.4 is 0 Å². The lowest BCUT2D eigenvalue weighted by Crippen LogP contribution is -2.57. The van der Waals surface area contributed by atoms with Crippen molar-refractivity contribution in [3.8, 4) is 10.4 Å². The molecule has 0 radical (unpaired) electrons. The third-order valence-electron chi connectivity index (χ3n) is 8.27. The smallest absolute Gasteiger partial charge is 0.123 e. The molecule has 1 aromatic heterocycles. The maximum Gasteiger partial charge on any atom is 0.123 e. The third kappa shape index (κ3) is 7.59. The van der Waals surface area contributed by atoms with Gasteiger partial charge < -0.3 is 24.4 Å². The van der Waals surface area contributed by atoms with Crippen molar-refractivity contribution in [1.29, 1.82) is 0 Å². The van der Waals surface area contributed by atoms with Crippen LogP contribution in [0.5, 0.6) is 0 Å². The van der Waals surface area contributed by atoms with Crippen LogP contribution in [-0.4, -0.2) is 41.2 Å². The molecular formula is C38H37FO5S. The van der Waals surface area contributed by atoms with Crippen molar-refractivity contribution in [2.75, 3.05) is 6.61 Å². The average Bonchev–Trinajstić information content (AvgIpc) is 3.54. The van der Waals surface area contributed by atoms with Crippen molar-refractivity contribution in [3.63, 3.8) is 0 Å². The lowest BCUT2D eigenvalue weighted by Gasteiger charge is -2.44. The Morgan fingerprint density at radius 3 is 2.07 bits per heavy atom. The summed E-state index contributed by atoms with van der Waals surface area (Å²) in [5, 5.41) is 21.6. The number of thiophene rings is 1. The van der Waals surface area contributed by atoms with Gasteiger partial charge in [0.15, 0.2) is 0 Å². The van der Waals surface area contributed by atoms with Crippen molar-refractivity contribution in [1.82, 2.24) is 0 Å². The molecule has 0 aliphatic carbocycles. The van der Waals surface area contributed by atoms with Crippen LogP contribution in [0.1, 0.15) is 38.8 Å². The summed E-state index contributed by atoms with van der Waals surface area (Å²) in [5.74, 6) is -0.248. The van der Waals surface area contributed by atoms with E-state index in [4.69, 9.17) is 14.2 Å². The number of aryl methyl sites for hydroxylation is 1. The fourth-order valence-electron chi connectivity index (χ4n) is 5.74. The number of benzene rings is 4. The Labute approximate surface area is 267 Å². The normalized spacial score (nSPS) is 21.6. The average molecular weight is 625 g/mol. The van der Waals surface area contributed by atoms with E-state index in [9.17, 15) is 14.6 Å². The molecule has 1 aliphatic rings. The van der Waals surface area contributed by atoms with Gasteiger partial charge in [0.1, 0.15) is 36.3 Å². The third-order valence-corrected chi connectivity index (χ3v) is 9.40. The van der Waals surface area contributed by atoms with Gasteiger partial charge in [0, 0.05) is 16.2 Å². The minimum Gasteiger partial charge on any atom is -0.394 e. The molecule has 0 spiro atoms. The molecule has 6 rings (SSSR count). The zero-order chi connectivity index (χ0) is 31.2. The van der Waals surface area contributed by atoms with Crippen molar-refractivity contribution in [2.24, 2.45) is 0 Å². The Morgan fingerprint density at radius 2 is 1.42 bits per heavy atom. The topological polar surface area (TPSA) is 68.2 Å². The van der Waals surface area contributed by atoms with Crippen LogP contribution >= 0.6 is 11.3 Å². The number of aliphatic hydroxyl groups is 2. The first-order valence-corrected chi connectivity index (χ1v) is 16.0. The van der Waals surface area contributed by atoms with Gasteiger partial charge in [-0.3, -0.25) is 0 Å². The summed E-state index contributed by atoms with van der Waals surface area (Å²) in [7, 11) is 0. The van der Waals surface area contributed by atoms with Gasteiger partial charge in [0.2, 0.25) is 0 Å². The molecule has 232 valence electrons. The maximum atomic E-state index is 13.5. The lowest BCUT2D eigenvalue weighted by molar-refractivity contribution is -0.260. The van der Waals surface area contributed by atoms with Crippen LogP contribution in [0.4, 0.5) is 4.39 Å². The number of halogens is 1. The number of ether oxygens (including phenoxy) is 3. The van der Waals surface area contributed by atoms with E-state index in [1.165, 1.54) is 17.0 Å². The summed E-state index contributed by atoms with van der Waals surface area (Å²) in [4.78, 5) is 2.27. The molecule has 4 aromatic carbocycles. The van der Waals surface area contributed by atoms with Crippen LogP contribution in [0.3, 0.4) is 0 Å². The van der Waals surface area contributed by atoms with Crippen LogP contribution in [0.15, 0.2) is 115 Å². The molecule has 2 N–H and O–H groups in total. The van der Waals surface area contributed by atoms with Crippen LogP contribution in [0, 0.1) is 12.7 Å². The molecule has 5 aromatic rings. The highest BCUT2D eigenvalue weighted by atomic mass is 32.1. The second kappa shape index (κ2) is 14.6. The van der Waals surface area contributed by atoms with Gasteiger partial charge in [-0.1, -0.05) is 91.0 Å². The Morgan fingerprint density at radius 1 is 0.778 bits per heavy atom. The molecule has 0 saturated carbocycles. The van der Waals surface area contributed by atoms with Crippen molar-refractivity contribution in [2.45, 2.75) is 57.1 Å². The second-order valence-corrected chi connectivity index (χ2v) is 12.6. The molecule has 0 amide bonds. The first-order valence-electron chi connectivity index (χ1n) is 15.2. The van der Waals surface area contributed by atoms with Gasteiger partial charge >= 0.3 is 0 Å². The van der Waals surface area contributed by atoms with E-state index < -0.39 is 30.5 Å². The van der Waals surface area contributed by atoms with E-state index in [1.807, 2.05) is 66.7 Å². The fourth-order valence-corrected chi connectivity index (χ4v) is 6.78. The zero-order valence-corrected chi connectivity index (χ0v) is 25.9. The number of rotatable bonds is 11. The second-order valence-electron chi connectivity index (χ2n) is 11.4. The number of aliphatic hydroxyl groups excluding tert-OH is 2. The van der Waals surface area contributed by atoms with Crippen molar-refractivity contribution in [3.05, 3.63) is 154 Å². The van der Waals surface area contributed by atoms with Gasteiger partial charge in [-0.25, -0.2) is 4.39 Å². The van der Waals surface area contributed by atoms with E-state index in [0.717, 1.165) is 38.3 Å². The largest absolute Gasteiger partial charge is 0.394 e. The van der Waals surface area contributed by atoms with E-state index in [-0.39, 0.29) is 19.0 Å². The molecule has 5 atom stereocenters. The Bertz CT molecular complexity index is 1660. The predicted octanol–water partition coefficient (Wildman–Crippen LogP) is 7.42. The SMILES string of the molecule is Cc1ccc([C@@H]2O[C@H](CO)[C@@H](O)[C@H](OCc3ccccc3)[C@H]2OCc2ccccc2)cc1Cc1ccc(-c2ccc(F)cc2)s1. The highest BCUT2D eigenvalue weighted by Gasteiger charge is 2.47. The lowest BCUT2D eigenvalue weighted by atomic mass is 9.89. The van der Waals surface area contributed by atoms with Gasteiger partial charge in [0.25, 0.3) is 0 Å². The number of hydrogen-bond acceptors (Lipinski definition) is 6. The summed E-state index contributed by atoms with van der Waals surface area (Å²) in [5.41, 5.74) is 6.13. The quantitative estimate of drug-likeness (QED) is 0.160. The molecule has 0 unspecified atom stereocenters. The Hall–Kier alpha value is -3.69. The van der Waals surface area contributed by atoms with E-state index in [0.29, 0.717) is 13.0 Å². The van der Waals surface area contributed by atoms with E-state index >= 15 is 0 Å². The van der Waals surface area contributed by atoms with Gasteiger partial charge in [-0.05, 0) is 64.6 Å². The molecule has 1 saturated heterocycles. The first-order chi connectivity index (χ1) is 22.0. The Kier molecular flexibility index (Phi) is 10.2. The maximum absolute atomic E-state index is 13.5. The Balaban J connectivity index is 1.29. The first kappa shape index (κ1) is 31.3. The molecule has 1 aliphatic heterocycles. The van der Waals surface area contributed by atoms with Crippen LogP contribution in [-0.2, 0) is 33.8 Å². The monoisotopic (exact) mass is 624 g/mol. The zero-order valence-electron chi connectivity index (χ0n) is 25.1. The van der Waals surface area contributed by atoms with Gasteiger partial charge in [-0.2, -0.15) is 0 Å². The van der Waals surface area contributed by atoms with E-state index in [2.05, 4.69) is 31.2 Å². The summed E-state index contributed by atoms with van der Waals surface area (Å²) in [6, 6.07) is 36.7. The minimum absolute atomic E-state index is 0.248. The van der Waals surface area contributed by atoms with Crippen molar-refractivity contribution >= 4 is 11.3 Å². The van der Waals surface area contributed by atoms with Crippen molar-refractivity contribution < 1.29 is 28.8 Å². The summed E-state index contributed by atoms with van der Waals surface area (Å²) in [6.07, 6.45) is -3.19. The molecule has 0 bridgehead atoms.